The summed E-state index contributed by atoms with van der Waals surface area (Å²) in [6.07, 6.45) is -2.87. The zero-order chi connectivity index (χ0) is 23.4. The Kier molecular flexibility index (Phi) is 7.29. The van der Waals surface area contributed by atoms with Crippen LogP contribution in [-0.2, 0) is 16.6 Å². The number of hydrogen-bond acceptors (Lipinski definition) is 5. The lowest BCUT2D eigenvalue weighted by Gasteiger charge is -2.18. The van der Waals surface area contributed by atoms with Crippen LogP contribution in [0.5, 0.6) is 11.5 Å². The molecule has 2 aromatic rings. The molecular formula is C21H23F3N2O5S. The van der Waals surface area contributed by atoms with Crippen LogP contribution in [0.25, 0.3) is 0 Å². The van der Waals surface area contributed by atoms with Gasteiger partial charge in [-0.2, -0.15) is 17.5 Å². The van der Waals surface area contributed by atoms with Crippen LogP contribution in [0.15, 0.2) is 47.4 Å². The van der Waals surface area contributed by atoms with E-state index in [4.69, 9.17) is 4.74 Å². The molecule has 1 fully saturated rings. The van der Waals surface area contributed by atoms with Crippen LogP contribution in [0.4, 0.5) is 13.2 Å². The summed E-state index contributed by atoms with van der Waals surface area (Å²) < 4.78 is 73.7. The van der Waals surface area contributed by atoms with Gasteiger partial charge < -0.3 is 14.8 Å². The Bertz CT molecular complexity index is 1050. The van der Waals surface area contributed by atoms with E-state index in [1.807, 2.05) is 0 Å². The smallest absolute Gasteiger partial charge is 0.422 e. The number of ether oxygens (including phenoxy) is 2. The first-order valence-electron chi connectivity index (χ1n) is 9.85. The summed E-state index contributed by atoms with van der Waals surface area (Å²) in [5.74, 6) is -0.282. The molecule has 2 aromatic carbocycles. The van der Waals surface area contributed by atoms with Crippen molar-refractivity contribution in [2.24, 2.45) is 0 Å². The van der Waals surface area contributed by atoms with Crippen molar-refractivity contribution in [1.29, 1.82) is 0 Å². The number of sulfonamides is 1. The zero-order valence-electron chi connectivity index (χ0n) is 17.3. The second kappa shape index (κ2) is 9.78. The van der Waals surface area contributed by atoms with Crippen molar-refractivity contribution in [3.8, 4) is 11.5 Å². The van der Waals surface area contributed by atoms with E-state index < -0.39 is 28.7 Å². The third-order valence-electron chi connectivity index (χ3n) is 4.89. The number of alkyl halides is 3. The number of methoxy groups -OCH3 is 1. The molecule has 1 amide bonds. The number of amides is 1. The molecule has 1 aliphatic rings. The Morgan fingerprint density at radius 1 is 1.09 bits per heavy atom. The summed E-state index contributed by atoms with van der Waals surface area (Å²) in [5, 5.41) is 2.67. The van der Waals surface area contributed by atoms with Crippen LogP contribution in [0, 0.1) is 0 Å². The average Bonchev–Trinajstić information content (AvgIpc) is 3.31. The van der Waals surface area contributed by atoms with Gasteiger partial charge in [-0.25, -0.2) is 8.42 Å². The van der Waals surface area contributed by atoms with Gasteiger partial charge in [-0.3, -0.25) is 4.79 Å². The first-order valence-corrected chi connectivity index (χ1v) is 11.3. The van der Waals surface area contributed by atoms with E-state index in [1.54, 1.807) is 0 Å². The van der Waals surface area contributed by atoms with E-state index in [0.717, 1.165) is 12.8 Å². The summed E-state index contributed by atoms with van der Waals surface area (Å²) >= 11 is 0. The molecule has 0 aromatic heterocycles. The van der Waals surface area contributed by atoms with Gasteiger partial charge in [0.05, 0.1) is 7.11 Å². The van der Waals surface area contributed by atoms with Crippen LogP contribution < -0.4 is 14.8 Å². The summed E-state index contributed by atoms with van der Waals surface area (Å²) in [6.45, 7) is -0.447. The molecule has 0 spiro atoms. The third-order valence-corrected chi connectivity index (χ3v) is 6.81. The maximum Gasteiger partial charge on any atom is 0.422 e. The molecule has 0 bridgehead atoms. The third kappa shape index (κ3) is 5.92. The maximum atomic E-state index is 12.9. The van der Waals surface area contributed by atoms with Gasteiger partial charge in [-0.05, 0) is 48.7 Å². The number of halogens is 3. The summed E-state index contributed by atoms with van der Waals surface area (Å²) in [6, 6.07) is 10.0. The van der Waals surface area contributed by atoms with Gasteiger partial charge in [0.2, 0.25) is 10.0 Å². The summed E-state index contributed by atoms with van der Waals surface area (Å²) in [4.78, 5) is 12.5. The molecule has 0 aliphatic carbocycles. The predicted octanol–water partition coefficient (Wildman–Crippen LogP) is 3.35. The van der Waals surface area contributed by atoms with Crippen LogP contribution in [0.1, 0.15) is 28.8 Å². The van der Waals surface area contributed by atoms with Crippen LogP contribution in [-0.4, -0.2) is 51.6 Å². The molecule has 0 saturated carbocycles. The fourth-order valence-electron chi connectivity index (χ4n) is 3.24. The molecular weight excluding hydrogens is 449 g/mol. The number of hydrogen-bond donors (Lipinski definition) is 1. The molecule has 11 heteroatoms. The Hall–Kier alpha value is -2.79. The lowest BCUT2D eigenvalue weighted by Crippen LogP contribution is -2.29. The maximum absolute atomic E-state index is 12.9. The van der Waals surface area contributed by atoms with Crippen molar-refractivity contribution in [1.82, 2.24) is 9.62 Å². The molecule has 7 nitrogen and oxygen atoms in total. The lowest BCUT2D eigenvalue weighted by atomic mass is 10.2. The lowest BCUT2D eigenvalue weighted by molar-refractivity contribution is -0.153. The number of nitrogens with zero attached hydrogens (tertiary/aromatic N) is 1. The molecule has 0 unspecified atom stereocenters. The number of nitrogens with one attached hydrogen (secondary N) is 1. The molecule has 1 aliphatic heterocycles. The Balaban J connectivity index is 1.68. The van der Waals surface area contributed by atoms with Crippen molar-refractivity contribution in [3.05, 3.63) is 53.6 Å². The molecule has 32 heavy (non-hydrogen) atoms. The normalized spacial score (nSPS) is 14.9. The van der Waals surface area contributed by atoms with Gasteiger partial charge in [0.25, 0.3) is 5.91 Å². The fraction of sp³-hybridized carbons (Fsp3) is 0.381. The highest BCUT2D eigenvalue weighted by atomic mass is 32.2. The van der Waals surface area contributed by atoms with Crippen LogP contribution in [0.3, 0.4) is 0 Å². The number of rotatable bonds is 8. The minimum Gasteiger partial charge on any atom is -0.495 e. The topological polar surface area (TPSA) is 84.9 Å². The van der Waals surface area contributed by atoms with Gasteiger partial charge in [-0.15, -0.1) is 0 Å². The molecule has 0 atom stereocenters. The van der Waals surface area contributed by atoms with Crippen LogP contribution in [0.2, 0.25) is 0 Å². The Morgan fingerprint density at radius 3 is 2.34 bits per heavy atom. The first kappa shape index (κ1) is 23.9. The second-order valence-corrected chi connectivity index (χ2v) is 9.11. The largest absolute Gasteiger partial charge is 0.495 e. The highest BCUT2D eigenvalue weighted by Crippen LogP contribution is 2.30. The van der Waals surface area contributed by atoms with E-state index in [1.165, 1.54) is 53.9 Å². The van der Waals surface area contributed by atoms with Crippen LogP contribution >= 0.6 is 0 Å². The number of benzene rings is 2. The van der Waals surface area contributed by atoms with Gasteiger partial charge >= 0.3 is 6.18 Å². The zero-order valence-corrected chi connectivity index (χ0v) is 18.1. The second-order valence-electron chi connectivity index (χ2n) is 7.21. The van der Waals surface area contributed by atoms with E-state index in [-0.39, 0.29) is 28.5 Å². The molecule has 174 valence electrons. The monoisotopic (exact) mass is 472 g/mol. The van der Waals surface area contributed by atoms with Gasteiger partial charge in [0, 0.05) is 25.2 Å². The quantitative estimate of drug-likeness (QED) is 0.637. The fourth-order valence-corrected chi connectivity index (χ4v) is 4.94. The van der Waals surface area contributed by atoms with E-state index >= 15 is 0 Å². The van der Waals surface area contributed by atoms with Crippen molar-refractivity contribution in [2.45, 2.75) is 30.5 Å². The SMILES string of the molecule is COc1ccc(C(=O)NCc2ccc(OCC(F)(F)F)cc2)cc1S(=O)(=O)N1CCCC1. The van der Waals surface area contributed by atoms with Gasteiger partial charge in [-0.1, -0.05) is 12.1 Å². The van der Waals surface area contributed by atoms with Gasteiger partial charge in [0.1, 0.15) is 16.4 Å². The van der Waals surface area contributed by atoms with Crippen molar-refractivity contribution in [3.63, 3.8) is 0 Å². The van der Waals surface area contributed by atoms with E-state index in [0.29, 0.717) is 18.7 Å². The molecule has 0 radical (unpaired) electrons. The molecule has 1 saturated heterocycles. The molecule has 1 N–H and O–H groups in total. The molecule has 3 rings (SSSR count). The molecule has 1 heterocycles. The van der Waals surface area contributed by atoms with E-state index in [2.05, 4.69) is 10.1 Å². The summed E-state index contributed by atoms with van der Waals surface area (Å²) in [5.41, 5.74) is 0.782. The standard InChI is InChI=1S/C21H23F3N2O5S/c1-30-18-9-6-16(12-19(18)32(28,29)26-10-2-3-11-26)20(27)25-13-15-4-7-17(8-5-15)31-14-21(22,23)24/h4-9,12H,2-3,10-11,13-14H2,1H3,(H,25,27). The van der Waals surface area contributed by atoms with Crippen molar-refractivity contribution in [2.75, 3.05) is 26.8 Å². The van der Waals surface area contributed by atoms with Crippen molar-refractivity contribution >= 4 is 15.9 Å². The Morgan fingerprint density at radius 2 is 1.75 bits per heavy atom. The first-order chi connectivity index (χ1) is 15.1. The minimum atomic E-state index is -4.42. The van der Waals surface area contributed by atoms with E-state index in [9.17, 15) is 26.4 Å². The van der Waals surface area contributed by atoms with Gasteiger partial charge in [0.15, 0.2) is 6.61 Å². The minimum absolute atomic E-state index is 0.0596. The highest BCUT2D eigenvalue weighted by molar-refractivity contribution is 7.89. The summed E-state index contributed by atoms with van der Waals surface area (Å²) in [7, 11) is -2.43. The average molecular weight is 472 g/mol. The number of carbonyl (C=O) groups is 1. The highest BCUT2D eigenvalue weighted by Gasteiger charge is 2.31. The van der Waals surface area contributed by atoms with Crippen molar-refractivity contribution < 1.29 is 35.9 Å². The predicted molar refractivity (Wildman–Crippen MR) is 110 cm³/mol. The number of carbonyl (C=O) groups excluding carboxylic acids is 1. The Labute approximate surface area is 184 Å².